The number of benzene rings is 1. The van der Waals surface area contributed by atoms with Crippen molar-refractivity contribution in [3.8, 4) is 5.75 Å². The summed E-state index contributed by atoms with van der Waals surface area (Å²) in [7, 11) is 0. The molecule has 1 aromatic rings. The Labute approximate surface area is 124 Å². The van der Waals surface area contributed by atoms with Gasteiger partial charge in [-0.2, -0.15) is 0 Å². The van der Waals surface area contributed by atoms with Crippen LogP contribution >= 0.6 is 0 Å². The highest BCUT2D eigenvalue weighted by Gasteiger charge is 2.04. The largest absolute Gasteiger partial charge is 0.493 e. The Kier molecular flexibility index (Phi) is 7.71. The van der Waals surface area contributed by atoms with Crippen molar-refractivity contribution >= 4 is 17.6 Å². The van der Waals surface area contributed by atoms with Crippen molar-refractivity contribution in [2.45, 2.75) is 26.2 Å². The van der Waals surface area contributed by atoms with E-state index in [9.17, 15) is 9.59 Å². The van der Waals surface area contributed by atoms with Crippen molar-refractivity contribution in [3.05, 3.63) is 24.3 Å². The number of carbonyl (C=O) groups excluding carboxylic acids is 2. The zero-order chi connectivity index (χ0) is 15.5. The van der Waals surface area contributed by atoms with Crippen LogP contribution in [0.1, 0.15) is 26.2 Å². The average Bonchev–Trinajstić information content (AvgIpc) is 2.46. The second-order valence-electron chi connectivity index (χ2n) is 4.43. The van der Waals surface area contributed by atoms with E-state index in [1.165, 1.54) is 0 Å². The second-order valence-corrected chi connectivity index (χ2v) is 4.43. The number of nitrogens with two attached hydrogens (primary N) is 1. The molecule has 0 heterocycles. The number of ether oxygens (including phenoxy) is 2. The molecule has 0 atom stereocenters. The summed E-state index contributed by atoms with van der Waals surface area (Å²) in [5.41, 5.74) is 6.23. The Morgan fingerprint density at radius 2 is 1.90 bits per heavy atom. The number of nitrogen functional groups attached to an aromatic ring is 1. The highest BCUT2D eigenvalue weighted by Crippen LogP contribution is 2.12. The van der Waals surface area contributed by atoms with Gasteiger partial charge < -0.3 is 20.5 Å². The maximum absolute atomic E-state index is 11.5. The number of amides is 1. The Bertz CT molecular complexity index is 445. The molecule has 6 nitrogen and oxygen atoms in total. The lowest BCUT2D eigenvalue weighted by molar-refractivity contribution is -0.143. The number of carbonyl (C=O) groups is 2. The topological polar surface area (TPSA) is 90.6 Å². The van der Waals surface area contributed by atoms with Crippen LogP contribution in [0.5, 0.6) is 5.75 Å². The average molecular weight is 294 g/mol. The molecule has 1 rings (SSSR count). The molecule has 0 radical (unpaired) electrons. The van der Waals surface area contributed by atoms with Crippen LogP contribution in [0, 0.1) is 0 Å². The molecule has 1 aromatic carbocycles. The van der Waals surface area contributed by atoms with E-state index in [4.69, 9.17) is 15.2 Å². The predicted octanol–water partition coefficient (Wildman–Crippen LogP) is 1.50. The van der Waals surface area contributed by atoms with Gasteiger partial charge in [0.2, 0.25) is 5.91 Å². The monoisotopic (exact) mass is 294 g/mol. The van der Waals surface area contributed by atoms with Gasteiger partial charge in [-0.25, -0.2) is 0 Å². The van der Waals surface area contributed by atoms with Crippen molar-refractivity contribution in [1.29, 1.82) is 0 Å². The van der Waals surface area contributed by atoms with Crippen LogP contribution in [0.4, 0.5) is 5.69 Å². The number of esters is 1. The van der Waals surface area contributed by atoms with Gasteiger partial charge in [-0.15, -0.1) is 0 Å². The zero-order valence-electron chi connectivity index (χ0n) is 12.3. The third-order valence-corrected chi connectivity index (χ3v) is 2.66. The minimum Gasteiger partial charge on any atom is -0.493 e. The lowest BCUT2D eigenvalue weighted by Gasteiger charge is -2.07. The molecule has 116 valence electrons. The Morgan fingerprint density at radius 1 is 1.19 bits per heavy atom. The molecule has 0 bridgehead atoms. The molecule has 6 heteroatoms. The van der Waals surface area contributed by atoms with E-state index < -0.39 is 0 Å². The molecule has 0 spiro atoms. The first-order valence-electron chi connectivity index (χ1n) is 7.02. The van der Waals surface area contributed by atoms with Crippen LogP contribution in [-0.2, 0) is 14.3 Å². The molecule has 0 saturated heterocycles. The standard InChI is InChI=1S/C15H22N2O4/c1-2-20-15(19)4-3-10-17-14(18)9-11-21-13-7-5-12(16)6-8-13/h5-8H,2-4,9-11,16H2,1H3,(H,17,18). The number of hydrogen-bond donors (Lipinski definition) is 2. The molecule has 0 aliphatic heterocycles. The molecular weight excluding hydrogens is 272 g/mol. The van der Waals surface area contributed by atoms with E-state index in [1.807, 2.05) is 0 Å². The van der Waals surface area contributed by atoms with Crippen molar-refractivity contribution in [2.75, 3.05) is 25.5 Å². The van der Waals surface area contributed by atoms with Crippen LogP contribution < -0.4 is 15.8 Å². The van der Waals surface area contributed by atoms with Crippen LogP contribution in [0.2, 0.25) is 0 Å². The molecule has 0 aromatic heterocycles. The van der Waals surface area contributed by atoms with Crippen LogP contribution in [0.3, 0.4) is 0 Å². The summed E-state index contributed by atoms with van der Waals surface area (Å²) in [5.74, 6) is 0.340. The van der Waals surface area contributed by atoms with E-state index in [1.54, 1.807) is 31.2 Å². The molecular formula is C15H22N2O4. The molecule has 0 fully saturated rings. The number of anilines is 1. The summed E-state index contributed by atoms with van der Waals surface area (Å²) < 4.78 is 10.2. The van der Waals surface area contributed by atoms with E-state index in [0.717, 1.165) is 0 Å². The van der Waals surface area contributed by atoms with E-state index in [2.05, 4.69) is 5.32 Å². The van der Waals surface area contributed by atoms with Gasteiger partial charge in [-0.05, 0) is 37.6 Å². The Hall–Kier alpha value is -2.24. The third kappa shape index (κ3) is 7.81. The first kappa shape index (κ1) is 16.8. The van der Waals surface area contributed by atoms with E-state index in [-0.39, 0.29) is 18.3 Å². The van der Waals surface area contributed by atoms with Crippen LogP contribution in [0.15, 0.2) is 24.3 Å². The van der Waals surface area contributed by atoms with Gasteiger partial charge in [-0.3, -0.25) is 9.59 Å². The van der Waals surface area contributed by atoms with E-state index >= 15 is 0 Å². The summed E-state index contributed by atoms with van der Waals surface area (Å²) in [4.78, 5) is 22.6. The predicted molar refractivity (Wildman–Crippen MR) is 79.8 cm³/mol. The van der Waals surface area contributed by atoms with Gasteiger partial charge in [-0.1, -0.05) is 0 Å². The summed E-state index contributed by atoms with van der Waals surface area (Å²) >= 11 is 0. The number of nitrogens with one attached hydrogen (secondary N) is 1. The van der Waals surface area contributed by atoms with Crippen molar-refractivity contribution < 1.29 is 19.1 Å². The number of rotatable bonds is 9. The molecule has 0 aliphatic carbocycles. The van der Waals surface area contributed by atoms with Gasteiger partial charge in [0.25, 0.3) is 0 Å². The highest BCUT2D eigenvalue weighted by atomic mass is 16.5. The molecule has 1 amide bonds. The number of hydrogen-bond acceptors (Lipinski definition) is 5. The van der Waals surface area contributed by atoms with Gasteiger partial charge in [0.15, 0.2) is 0 Å². The summed E-state index contributed by atoms with van der Waals surface area (Å²) in [6.07, 6.45) is 1.16. The summed E-state index contributed by atoms with van der Waals surface area (Å²) in [6, 6.07) is 6.99. The Balaban J connectivity index is 2.06. The molecule has 21 heavy (non-hydrogen) atoms. The van der Waals surface area contributed by atoms with Crippen LogP contribution in [-0.4, -0.2) is 31.6 Å². The van der Waals surface area contributed by atoms with Gasteiger partial charge >= 0.3 is 5.97 Å². The normalized spacial score (nSPS) is 9.95. The maximum Gasteiger partial charge on any atom is 0.305 e. The fraction of sp³-hybridized carbons (Fsp3) is 0.467. The van der Waals surface area contributed by atoms with E-state index in [0.29, 0.717) is 44.0 Å². The smallest absolute Gasteiger partial charge is 0.305 e. The highest BCUT2D eigenvalue weighted by molar-refractivity contribution is 5.76. The first-order chi connectivity index (χ1) is 10.1. The van der Waals surface area contributed by atoms with Gasteiger partial charge in [0.05, 0.1) is 19.6 Å². The van der Waals surface area contributed by atoms with Crippen molar-refractivity contribution in [2.24, 2.45) is 0 Å². The lowest BCUT2D eigenvalue weighted by atomic mass is 10.3. The zero-order valence-corrected chi connectivity index (χ0v) is 12.3. The second kappa shape index (κ2) is 9.63. The quantitative estimate of drug-likeness (QED) is 0.409. The van der Waals surface area contributed by atoms with Gasteiger partial charge in [0, 0.05) is 18.7 Å². The fourth-order valence-electron chi connectivity index (χ4n) is 1.61. The Morgan fingerprint density at radius 3 is 2.57 bits per heavy atom. The summed E-state index contributed by atoms with van der Waals surface area (Å²) in [5, 5.41) is 2.73. The minimum atomic E-state index is -0.238. The van der Waals surface area contributed by atoms with Gasteiger partial charge in [0.1, 0.15) is 5.75 Å². The SMILES string of the molecule is CCOC(=O)CCCNC(=O)CCOc1ccc(N)cc1. The third-order valence-electron chi connectivity index (χ3n) is 2.66. The molecule has 3 N–H and O–H groups in total. The maximum atomic E-state index is 11.5. The van der Waals surface area contributed by atoms with Crippen LogP contribution in [0.25, 0.3) is 0 Å². The molecule has 0 saturated carbocycles. The lowest BCUT2D eigenvalue weighted by Crippen LogP contribution is -2.26. The molecule has 0 aliphatic rings. The fourth-order valence-corrected chi connectivity index (χ4v) is 1.61. The minimum absolute atomic E-state index is 0.102. The van der Waals surface area contributed by atoms with Crippen molar-refractivity contribution in [3.63, 3.8) is 0 Å². The first-order valence-corrected chi connectivity index (χ1v) is 7.02. The van der Waals surface area contributed by atoms with Crippen molar-refractivity contribution in [1.82, 2.24) is 5.32 Å². The molecule has 0 unspecified atom stereocenters. The summed E-state index contributed by atoms with van der Waals surface area (Å²) in [6.45, 7) is 2.90.